The summed E-state index contributed by atoms with van der Waals surface area (Å²) in [5.74, 6) is -1.07. The quantitative estimate of drug-likeness (QED) is 0.625. The summed E-state index contributed by atoms with van der Waals surface area (Å²) in [6.45, 7) is 2.07. The van der Waals surface area contributed by atoms with E-state index in [0.29, 0.717) is 29.0 Å². The average Bonchev–Trinajstić information content (AvgIpc) is 2.69. The number of carbonyl (C=O) groups is 2. The van der Waals surface area contributed by atoms with Crippen LogP contribution in [0.15, 0.2) is 72.8 Å². The summed E-state index contributed by atoms with van der Waals surface area (Å²) in [7, 11) is 0. The highest BCUT2D eigenvalue weighted by Crippen LogP contribution is 2.24. The molecule has 0 aromatic heterocycles. The fourth-order valence-electron chi connectivity index (χ4n) is 2.85. The number of anilines is 1. The minimum Gasteiger partial charge on any atom is -0.466 e. The Morgan fingerprint density at radius 2 is 1.75 bits per heavy atom. The molecule has 0 saturated heterocycles. The van der Waals surface area contributed by atoms with Crippen molar-refractivity contribution in [3.8, 4) is 11.1 Å². The van der Waals surface area contributed by atoms with E-state index in [1.165, 1.54) is 18.2 Å². The summed E-state index contributed by atoms with van der Waals surface area (Å²) < 4.78 is 19.1. The molecule has 0 bridgehead atoms. The Morgan fingerprint density at radius 3 is 2.50 bits per heavy atom. The van der Waals surface area contributed by atoms with Crippen molar-refractivity contribution >= 4 is 17.6 Å². The lowest BCUT2D eigenvalue weighted by atomic mass is 10.0. The summed E-state index contributed by atoms with van der Waals surface area (Å²) in [5.41, 5.74) is 2.70. The lowest BCUT2D eigenvalue weighted by Gasteiger charge is -2.10. The van der Waals surface area contributed by atoms with Crippen LogP contribution in [-0.2, 0) is 16.0 Å². The molecule has 3 rings (SSSR count). The van der Waals surface area contributed by atoms with Gasteiger partial charge in [0.05, 0.1) is 13.0 Å². The van der Waals surface area contributed by atoms with Gasteiger partial charge in [-0.05, 0) is 48.4 Å². The molecule has 1 amide bonds. The first-order chi connectivity index (χ1) is 13.6. The summed E-state index contributed by atoms with van der Waals surface area (Å²) in [4.78, 5) is 24.2. The number of benzene rings is 3. The van der Waals surface area contributed by atoms with Crippen molar-refractivity contribution in [3.63, 3.8) is 0 Å². The lowest BCUT2D eigenvalue weighted by molar-refractivity contribution is -0.142. The van der Waals surface area contributed by atoms with Crippen LogP contribution in [0.2, 0.25) is 0 Å². The maximum absolute atomic E-state index is 14.2. The molecule has 5 heteroatoms. The molecule has 0 aliphatic carbocycles. The second-order valence-electron chi connectivity index (χ2n) is 6.20. The third-order valence-corrected chi connectivity index (χ3v) is 4.15. The van der Waals surface area contributed by atoms with Gasteiger partial charge in [-0.25, -0.2) is 4.39 Å². The largest absolute Gasteiger partial charge is 0.466 e. The number of halogens is 1. The van der Waals surface area contributed by atoms with Gasteiger partial charge < -0.3 is 10.1 Å². The number of carbonyl (C=O) groups excluding carboxylic acids is 2. The van der Waals surface area contributed by atoms with Gasteiger partial charge in [0.15, 0.2) is 0 Å². The number of rotatable bonds is 6. The predicted molar refractivity (Wildman–Crippen MR) is 107 cm³/mol. The highest BCUT2D eigenvalue weighted by atomic mass is 19.1. The van der Waals surface area contributed by atoms with Crippen molar-refractivity contribution in [3.05, 3.63) is 89.7 Å². The molecule has 0 atom stereocenters. The lowest BCUT2D eigenvalue weighted by Crippen LogP contribution is -2.13. The van der Waals surface area contributed by atoms with Gasteiger partial charge in [-0.1, -0.05) is 42.5 Å². The maximum atomic E-state index is 14.2. The number of nitrogens with one attached hydrogen (secondary N) is 1. The maximum Gasteiger partial charge on any atom is 0.310 e. The highest BCUT2D eigenvalue weighted by molar-refractivity contribution is 6.05. The average molecular weight is 377 g/mol. The molecule has 0 fully saturated rings. The number of amides is 1. The Morgan fingerprint density at radius 1 is 0.964 bits per heavy atom. The van der Waals surface area contributed by atoms with Crippen molar-refractivity contribution in [2.45, 2.75) is 13.3 Å². The molecular weight excluding hydrogens is 357 g/mol. The zero-order chi connectivity index (χ0) is 19.9. The van der Waals surface area contributed by atoms with Gasteiger partial charge in [-0.2, -0.15) is 0 Å². The van der Waals surface area contributed by atoms with Crippen LogP contribution in [0, 0.1) is 5.82 Å². The normalized spacial score (nSPS) is 10.4. The second-order valence-corrected chi connectivity index (χ2v) is 6.20. The molecule has 1 N–H and O–H groups in total. The van der Waals surface area contributed by atoms with E-state index in [0.717, 1.165) is 5.56 Å². The number of hydrogen-bond acceptors (Lipinski definition) is 3. The first kappa shape index (κ1) is 19.3. The Kier molecular flexibility index (Phi) is 6.17. The zero-order valence-electron chi connectivity index (χ0n) is 15.4. The minimum absolute atomic E-state index is 0.131. The number of hydrogen-bond donors (Lipinski definition) is 1. The molecule has 142 valence electrons. The third-order valence-electron chi connectivity index (χ3n) is 4.15. The molecule has 0 saturated carbocycles. The summed E-state index contributed by atoms with van der Waals surface area (Å²) in [5, 5.41) is 2.79. The van der Waals surface area contributed by atoms with E-state index in [1.54, 1.807) is 43.3 Å². The van der Waals surface area contributed by atoms with Crippen molar-refractivity contribution in [1.82, 2.24) is 0 Å². The fraction of sp³-hybridized carbons (Fsp3) is 0.130. The van der Waals surface area contributed by atoms with Crippen LogP contribution >= 0.6 is 0 Å². The van der Waals surface area contributed by atoms with Crippen LogP contribution in [0.1, 0.15) is 22.8 Å². The highest BCUT2D eigenvalue weighted by Gasteiger charge is 2.12. The van der Waals surface area contributed by atoms with Gasteiger partial charge in [-0.15, -0.1) is 0 Å². The summed E-state index contributed by atoms with van der Waals surface area (Å²) in [6, 6.07) is 20.3. The Bertz CT molecular complexity index is 986. The van der Waals surface area contributed by atoms with Gasteiger partial charge in [0.1, 0.15) is 5.82 Å². The van der Waals surface area contributed by atoms with Gasteiger partial charge in [0.25, 0.3) is 5.91 Å². The molecule has 0 radical (unpaired) electrons. The molecular formula is C23H20FNO3. The first-order valence-corrected chi connectivity index (χ1v) is 8.97. The van der Waals surface area contributed by atoms with Crippen molar-refractivity contribution in [1.29, 1.82) is 0 Å². The monoisotopic (exact) mass is 377 g/mol. The standard InChI is InChI=1S/C23H20FNO3/c1-2-28-22(26)14-16-7-6-10-19(13-16)25-23(27)18-11-12-21(24)20(15-18)17-8-4-3-5-9-17/h3-13,15H,2,14H2,1H3,(H,25,27). The van der Waals surface area contributed by atoms with Crippen LogP contribution in [0.5, 0.6) is 0 Å². The van der Waals surface area contributed by atoms with Crippen molar-refractivity contribution < 1.29 is 18.7 Å². The smallest absolute Gasteiger partial charge is 0.310 e. The van der Waals surface area contributed by atoms with Crippen LogP contribution < -0.4 is 5.32 Å². The van der Waals surface area contributed by atoms with Crippen LogP contribution in [0.4, 0.5) is 10.1 Å². The minimum atomic E-state index is -0.390. The molecule has 0 unspecified atom stereocenters. The topological polar surface area (TPSA) is 55.4 Å². The van der Waals surface area contributed by atoms with Crippen LogP contribution in [-0.4, -0.2) is 18.5 Å². The Balaban J connectivity index is 1.78. The second kappa shape index (κ2) is 8.95. The van der Waals surface area contributed by atoms with Gasteiger partial charge in [0, 0.05) is 16.8 Å². The Hall–Kier alpha value is -3.47. The number of esters is 1. The van der Waals surface area contributed by atoms with E-state index in [4.69, 9.17) is 4.74 Å². The summed E-state index contributed by atoms with van der Waals surface area (Å²) >= 11 is 0. The molecule has 3 aromatic carbocycles. The van der Waals surface area contributed by atoms with E-state index >= 15 is 0 Å². The number of ether oxygens (including phenoxy) is 1. The van der Waals surface area contributed by atoms with E-state index in [2.05, 4.69) is 5.32 Å². The molecule has 0 aliphatic heterocycles. The molecule has 4 nitrogen and oxygen atoms in total. The molecule has 3 aromatic rings. The zero-order valence-corrected chi connectivity index (χ0v) is 15.4. The molecule has 0 aliphatic rings. The fourth-order valence-corrected chi connectivity index (χ4v) is 2.85. The molecule has 28 heavy (non-hydrogen) atoms. The Labute approximate surface area is 163 Å². The van der Waals surface area contributed by atoms with E-state index in [-0.39, 0.29) is 24.1 Å². The third kappa shape index (κ3) is 4.82. The molecule has 0 heterocycles. The van der Waals surface area contributed by atoms with Crippen LogP contribution in [0.25, 0.3) is 11.1 Å². The van der Waals surface area contributed by atoms with Gasteiger partial charge in [-0.3, -0.25) is 9.59 Å². The predicted octanol–water partition coefficient (Wildman–Crippen LogP) is 4.85. The van der Waals surface area contributed by atoms with Crippen molar-refractivity contribution in [2.75, 3.05) is 11.9 Å². The summed E-state index contributed by atoms with van der Waals surface area (Å²) in [6.07, 6.45) is 0.131. The van der Waals surface area contributed by atoms with E-state index in [9.17, 15) is 14.0 Å². The van der Waals surface area contributed by atoms with Gasteiger partial charge >= 0.3 is 5.97 Å². The SMILES string of the molecule is CCOC(=O)Cc1cccc(NC(=O)c2ccc(F)c(-c3ccccc3)c2)c1. The molecule has 0 spiro atoms. The first-order valence-electron chi connectivity index (χ1n) is 8.97. The van der Waals surface area contributed by atoms with Gasteiger partial charge in [0.2, 0.25) is 0 Å². The van der Waals surface area contributed by atoms with Crippen molar-refractivity contribution in [2.24, 2.45) is 0 Å². The van der Waals surface area contributed by atoms with E-state index < -0.39 is 0 Å². The van der Waals surface area contributed by atoms with E-state index in [1.807, 2.05) is 18.2 Å². The van der Waals surface area contributed by atoms with Crippen LogP contribution in [0.3, 0.4) is 0 Å².